The highest BCUT2D eigenvalue weighted by Crippen LogP contribution is 2.12. The lowest BCUT2D eigenvalue weighted by molar-refractivity contribution is 0.596. The Morgan fingerprint density at radius 1 is 0.737 bits per heavy atom. The van der Waals surface area contributed by atoms with Crippen molar-refractivity contribution in [3.05, 3.63) is 29.8 Å². The molecule has 0 spiro atoms. The van der Waals surface area contributed by atoms with E-state index in [1.807, 2.05) is 0 Å². The molecule has 0 amide bonds. The van der Waals surface area contributed by atoms with Crippen molar-refractivity contribution in [2.75, 3.05) is 11.9 Å². The van der Waals surface area contributed by atoms with Gasteiger partial charge in [-0.25, -0.2) is 0 Å². The summed E-state index contributed by atoms with van der Waals surface area (Å²) in [6, 6.07) is 8.92. The van der Waals surface area contributed by atoms with Crippen LogP contribution in [-0.2, 0) is 6.42 Å². The summed E-state index contributed by atoms with van der Waals surface area (Å²) in [6.07, 6.45) is 12.1. The van der Waals surface area contributed by atoms with Gasteiger partial charge in [0.25, 0.3) is 0 Å². The molecular weight excluding hydrogens is 230 g/mol. The van der Waals surface area contributed by atoms with Crippen molar-refractivity contribution in [3.63, 3.8) is 0 Å². The van der Waals surface area contributed by atoms with Crippen LogP contribution in [0.2, 0.25) is 0 Å². The van der Waals surface area contributed by atoms with E-state index in [0.29, 0.717) is 0 Å². The predicted molar refractivity (Wildman–Crippen MR) is 86.9 cm³/mol. The van der Waals surface area contributed by atoms with Crippen LogP contribution in [0.5, 0.6) is 0 Å². The van der Waals surface area contributed by atoms with Crippen molar-refractivity contribution in [1.82, 2.24) is 0 Å². The lowest BCUT2D eigenvalue weighted by Gasteiger charge is -2.07. The van der Waals surface area contributed by atoms with Crippen LogP contribution in [0.1, 0.15) is 70.8 Å². The van der Waals surface area contributed by atoms with E-state index in [1.54, 1.807) is 0 Å². The normalized spacial score (nSPS) is 10.6. The molecule has 0 unspecified atom stereocenters. The summed E-state index contributed by atoms with van der Waals surface area (Å²) in [5.41, 5.74) is 2.72. The predicted octanol–water partition coefficient (Wildman–Crippen LogP) is 5.80. The van der Waals surface area contributed by atoms with Crippen molar-refractivity contribution in [2.24, 2.45) is 0 Å². The minimum Gasteiger partial charge on any atom is -0.385 e. The molecule has 0 bridgehead atoms. The molecule has 0 fully saturated rings. The minimum atomic E-state index is 1.11. The molecule has 1 N–H and O–H groups in total. The first-order chi connectivity index (χ1) is 9.36. The smallest absolute Gasteiger partial charge is 0.0340 e. The van der Waals surface area contributed by atoms with Crippen LogP contribution >= 0.6 is 0 Å². The third-order valence-electron chi connectivity index (χ3n) is 3.60. The molecule has 0 heterocycles. The Balaban J connectivity index is 2.02. The lowest BCUT2D eigenvalue weighted by atomic mass is 10.1. The third kappa shape index (κ3) is 7.92. The summed E-state index contributed by atoms with van der Waals surface area (Å²) in [4.78, 5) is 0. The quantitative estimate of drug-likeness (QED) is 0.496. The Hall–Kier alpha value is -0.980. The molecular formula is C18H31N. The van der Waals surface area contributed by atoms with Gasteiger partial charge < -0.3 is 5.32 Å². The molecule has 19 heavy (non-hydrogen) atoms. The van der Waals surface area contributed by atoms with E-state index in [2.05, 4.69) is 43.4 Å². The summed E-state index contributed by atoms with van der Waals surface area (Å²) >= 11 is 0. The first-order valence-electron chi connectivity index (χ1n) is 8.19. The fourth-order valence-electron chi connectivity index (χ4n) is 2.39. The highest BCUT2D eigenvalue weighted by atomic mass is 14.9. The number of rotatable bonds is 11. The van der Waals surface area contributed by atoms with Crippen LogP contribution in [0.3, 0.4) is 0 Å². The number of benzene rings is 1. The lowest BCUT2D eigenvalue weighted by Crippen LogP contribution is -2.01. The summed E-state index contributed by atoms with van der Waals surface area (Å²) in [5, 5.41) is 3.52. The molecule has 1 aromatic carbocycles. The topological polar surface area (TPSA) is 12.0 Å². The molecule has 0 aliphatic carbocycles. The van der Waals surface area contributed by atoms with Crippen LogP contribution in [0.25, 0.3) is 0 Å². The number of anilines is 1. The SMILES string of the molecule is CCCCCCCCCNc1ccc(CCC)cc1. The van der Waals surface area contributed by atoms with Crippen LogP contribution in [0.4, 0.5) is 5.69 Å². The number of aryl methyl sites for hydroxylation is 1. The van der Waals surface area contributed by atoms with Crippen molar-refractivity contribution in [1.29, 1.82) is 0 Å². The highest BCUT2D eigenvalue weighted by Gasteiger charge is 1.94. The van der Waals surface area contributed by atoms with Crippen molar-refractivity contribution < 1.29 is 0 Å². The Bertz CT molecular complexity index is 302. The first-order valence-corrected chi connectivity index (χ1v) is 8.19. The van der Waals surface area contributed by atoms with Gasteiger partial charge in [0.1, 0.15) is 0 Å². The van der Waals surface area contributed by atoms with E-state index in [4.69, 9.17) is 0 Å². The van der Waals surface area contributed by atoms with Gasteiger partial charge in [-0.05, 0) is 30.5 Å². The first kappa shape index (κ1) is 16.1. The van der Waals surface area contributed by atoms with Gasteiger partial charge in [-0.3, -0.25) is 0 Å². The van der Waals surface area contributed by atoms with Gasteiger partial charge in [-0.15, -0.1) is 0 Å². The molecule has 0 saturated heterocycles. The average Bonchev–Trinajstić information content (AvgIpc) is 2.44. The zero-order valence-corrected chi connectivity index (χ0v) is 12.9. The molecule has 0 saturated carbocycles. The van der Waals surface area contributed by atoms with Gasteiger partial charge in [0.2, 0.25) is 0 Å². The van der Waals surface area contributed by atoms with E-state index >= 15 is 0 Å². The zero-order valence-electron chi connectivity index (χ0n) is 12.9. The average molecular weight is 261 g/mol. The standard InChI is InChI=1S/C18H31N/c1-3-5-6-7-8-9-10-16-19-18-14-12-17(11-4-2)13-15-18/h12-15,19H,3-11,16H2,1-2H3. The molecule has 1 aromatic rings. The van der Waals surface area contributed by atoms with E-state index in [0.717, 1.165) is 6.54 Å². The zero-order chi connectivity index (χ0) is 13.8. The fourth-order valence-corrected chi connectivity index (χ4v) is 2.39. The van der Waals surface area contributed by atoms with Crippen LogP contribution in [-0.4, -0.2) is 6.54 Å². The monoisotopic (exact) mass is 261 g/mol. The maximum atomic E-state index is 3.52. The van der Waals surface area contributed by atoms with Crippen LogP contribution in [0, 0.1) is 0 Å². The van der Waals surface area contributed by atoms with E-state index in [1.165, 1.54) is 69.0 Å². The van der Waals surface area contributed by atoms with Crippen molar-refractivity contribution in [3.8, 4) is 0 Å². The largest absolute Gasteiger partial charge is 0.385 e. The Morgan fingerprint density at radius 3 is 2.00 bits per heavy atom. The van der Waals surface area contributed by atoms with Gasteiger partial charge >= 0.3 is 0 Å². The van der Waals surface area contributed by atoms with E-state index in [9.17, 15) is 0 Å². The van der Waals surface area contributed by atoms with Crippen molar-refractivity contribution >= 4 is 5.69 Å². The molecule has 0 atom stereocenters. The molecule has 0 radical (unpaired) electrons. The second-order valence-electron chi connectivity index (χ2n) is 5.50. The summed E-state index contributed by atoms with van der Waals surface area (Å²) in [6.45, 7) is 5.61. The second kappa shape index (κ2) is 10.9. The minimum absolute atomic E-state index is 1.11. The number of nitrogens with one attached hydrogen (secondary N) is 1. The Labute approximate surface area is 119 Å². The molecule has 1 heteroatoms. The Morgan fingerprint density at radius 2 is 1.37 bits per heavy atom. The van der Waals surface area contributed by atoms with Gasteiger partial charge in [0.15, 0.2) is 0 Å². The van der Waals surface area contributed by atoms with Crippen molar-refractivity contribution in [2.45, 2.75) is 71.6 Å². The van der Waals surface area contributed by atoms with Gasteiger partial charge in [-0.2, -0.15) is 0 Å². The molecule has 0 aliphatic heterocycles. The molecule has 0 aromatic heterocycles. The van der Waals surface area contributed by atoms with Gasteiger partial charge in [0.05, 0.1) is 0 Å². The van der Waals surface area contributed by atoms with Crippen LogP contribution in [0.15, 0.2) is 24.3 Å². The number of hydrogen-bond acceptors (Lipinski definition) is 1. The van der Waals surface area contributed by atoms with E-state index < -0.39 is 0 Å². The fraction of sp³-hybridized carbons (Fsp3) is 0.667. The summed E-state index contributed by atoms with van der Waals surface area (Å²) in [7, 11) is 0. The second-order valence-corrected chi connectivity index (χ2v) is 5.50. The highest BCUT2D eigenvalue weighted by molar-refractivity contribution is 5.44. The molecule has 0 aliphatic rings. The third-order valence-corrected chi connectivity index (χ3v) is 3.60. The van der Waals surface area contributed by atoms with E-state index in [-0.39, 0.29) is 0 Å². The maximum Gasteiger partial charge on any atom is 0.0340 e. The number of unbranched alkanes of at least 4 members (excludes halogenated alkanes) is 6. The number of hydrogen-bond donors (Lipinski definition) is 1. The van der Waals surface area contributed by atoms with Gasteiger partial charge in [0, 0.05) is 12.2 Å². The Kier molecular flexibility index (Phi) is 9.22. The maximum absolute atomic E-state index is 3.52. The summed E-state index contributed by atoms with van der Waals surface area (Å²) < 4.78 is 0. The van der Waals surface area contributed by atoms with Gasteiger partial charge in [-0.1, -0.05) is 70.9 Å². The van der Waals surface area contributed by atoms with Crippen LogP contribution < -0.4 is 5.32 Å². The summed E-state index contributed by atoms with van der Waals surface area (Å²) in [5.74, 6) is 0. The molecule has 1 rings (SSSR count). The molecule has 108 valence electrons. The molecule has 1 nitrogen and oxygen atoms in total.